The summed E-state index contributed by atoms with van der Waals surface area (Å²) in [4.78, 5) is 101. The van der Waals surface area contributed by atoms with Gasteiger partial charge in [0.15, 0.2) is 12.2 Å². The number of hydrogen-bond acceptors (Lipinski definition) is 17. The number of esters is 2. The van der Waals surface area contributed by atoms with E-state index in [-0.39, 0.29) is 47.8 Å². The van der Waals surface area contributed by atoms with Gasteiger partial charge in [-0.15, -0.1) is 0 Å². The third kappa shape index (κ3) is 17.8. The molecule has 6 aliphatic heterocycles. The molecular formula is C76H94Cl2N8O13. The molecule has 0 radical (unpaired) electrons. The highest BCUT2D eigenvalue weighted by atomic mass is 35.5. The lowest BCUT2D eigenvalue weighted by molar-refractivity contribution is -0.143. The van der Waals surface area contributed by atoms with Gasteiger partial charge in [0, 0.05) is 128 Å². The molecule has 530 valence electrons. The van der Waals surface area contributed by atoms with Gasteiger partial charge >= 0.3 is 24.1 Å². The minimum atomic E-state index is -0.706. The average Bonchev–Trinajstić information content (AvgIpc) is 0.757. The normalized spacial score (nSPS) is 18.9. The summed E-state index contributed by atoms with van der Waals surface area (Å²) >= 11 is 14.1. The zero-order valence-electron chi connectivity index (χ0n) is 59.3. The van der Waals surface area contributed by atoms with Crippen molar-refractivity contribution in [3.63, 3.8) is 0 Å². The quantitative estimate of drug-likeness (QED) is 0.0892. The predicted molar refractivity (Wildman–Crippen MR) is 385 cm³/mol. The van der Waals surface area contributed by atoms with Crippen LogP contribution < -0.4 is 34.1 Å². The molecule has 6 aromatic carbocycles. The largest absolute Gasteiger partial charge is 0.477 e. The summed E-state index contributed by atoms with van der Waals surface area (Å²) < 4.78 is 35.8. The molecule has 21 nitrogen and oxygen atoms in total. The third-order valence-corrected chi connectivity index (χ3v) is 18.6. The van der Waals surface area contributed by atoms with Crippen molar-refractivity contribution in [3.8, 4) is 45.3 Å². The molecule has 99 heavy (non-hydrogen) atoms. The molecule has 0 bridgehead atoms. The molecule has 0 aromatic heterocycles. The van der Waals surface area contributed by atoms with E-state index >= 15 is 0 Å². The standard InChI is InChI=1S/C38H47ClN4O6.C37H45ClN4O6.CH2O/c1-37(2,3)35(45)47-26-16-25-10-8-9-11-27(25)28(17-26)29-18-32-31(19-30(29)39)43(22-24-20-42(21-24)36(46)49-38(4,5)6)34(44)33(48-32)23-41-14-12-40(7)13-15-41;1-36(2,3)34(44)46-25-15-24-9-7-8-10-26(24)27(16-25)28-17-31-30(18-29(28)38)42(21-23-19-41(20-23)35(45)48-37(4,5)6)33(43)32(47-31)22-40-13-11-39-12-14-40;1-2/h8-11,16-19,24,33H,12-15,20-23H2,1-7H3;7-10,15-18,23,32,39H,11-14,19-22H2,1-6H3;1H2. The Labute approximate surface area is 590 Å². The Hall–Kier alpha value is -8.05. The summed E-state index contributed by atoms with van der Waals surface area (Å²) in [5, 5.41) is 7.90. The van der Waals surface area contributed by atoms with Crippen LogP contribution in [0.5, 0.6) is 23.0 Å². The maximum Gasteiger partial charge on any atom is 0.410 e. The van der Waals surface area contributed by atoms with E-state index in [2.05, 4.69) is 27.1 Å². The van der Waals surface area contributed by atoms with E-state index in [4.69, 9.17) is 56.4 Å². The summed E-state index contributed by atoms with van der Waals surface area (Å²) in [5.41, 5.74) is 1.67. The SMILES string of the molecule is C=O.CC(C)(C)OC(=O)N1CC(CN2C(=O)C(CN3CCNCC3)Oc3cc(-c4cc(OC(=O)C(C)(C)C)cc5ccccc45)c(Cl)cc32)C1.CN1CCN(CC2Oc3cc(-c4cc(OC(=O)C(C)(C)C)cc5ccccc45)c(Cl)cc3N(CC3CN(C(=O)OC(C)(C)C)C3)C2=O)CC1. The fourth-order valence-corrected chi connectivity index (χ4v) is 13.1. The number of amides is 4. The highest BCUT2D eigenvalue weighted by molar-refractivity contribution is 6.35. The lowest BCUT2D eigenvalue weighted by Gasteiger charge is -2.44. The Balaban J connectivity index is 0.000000209. The van der Waals surface area contributed by atoms with Crippen LogP contribution in [0.4, 0.5) is 21.0 Å². The van der Waals surface area contributed by atoms with E-state index < -0.39 is 34.2 Å². The second-order valence-electron chi connectivity index (χ2n) is 30.5. The van der Waals surface area contributed by atoms with Gasteiger partial charge in [0.2, 0.25) is 0 Å². The lowest BCUT2D eigenvalue weighted by Crippen LogP contribution is -2.59. The Morgan fingerprint density at radius 1 is 0.505 bits per heavy atom. The van der Waals surface area contributed by atoms with Gasteiger partial charge in [-0.25, -0.2) is 9.59 Å². The van der Waals surface area contributed by atoms with Crippen molar-refractivity contribution in [3.05, 3.63) is 107 Å². The van der Waals surface area contributed by atoms with Crippen molar-refractivity contribution >= 4 is 98.9 Å². The van der Waals surface area contributed by atoms with E-state index in [1.165, 1.54) is 0 Å². The third-order valence-electron chi connectivity index (χ3n) is 17.9. The van der Waals surface area contributed by atoms with Crippen molar-refractivity contribution in [2.24, 2.45) is 22.7 Å². The van der Waals surface area contributed by atoms with E-state index in [1.54, 1.807) is 31.7 Å². The van der Waals surface area contributed by atoms with Crippen LogP contribution in [0, 0.1) is 22.7 Å². The lowest BCUT2D eigenvalue weighted by atomic mass is 9.95. The minimum Gasteiger partial charge on any atom is -0.477 e. The van der Waals surface area contributed by atoms with Crippen molar-refractivity contribution in [2.45, 2.75) is 106 Å². The van der Waals surface area contributed by atoms with Crippen LogP contribution in [0.15, 0.2) is 97.1 Å². The van der Waals surface area contributed by atoms with Crippen LogP contribution in [0.2, 0.25) is 10.0 Å². The molecular weight excluding hydrogens is 1300 g/mol. The first-order valence-electron chi connectivity index (χ1n) is 33.9. The van der Waals surface area contributed by atoms with E-state index in [0.29, 0.717) is 108 Å². The fourth-order valence-electron chi connectivity index (χ4n) is 12.6. The van der Waals surface area contributed by atoms with Crippen LogP contribution in [-0.4, -0.2) is 202 Å². The number of piperazine rings is 2. The molecule has 4 saturated heterocycles. The molecule has 4 amide bonds. The average molecular weight is 1400 g/mol. The maximum absolute atomic E-state index is 14.1. The van der Waals surface area contributed by atoms with Crippen LogP contribution >= 0.6 is 23.2 Å². The first-order chi connectivity index (χ1) is 46.7. The summed E-state index contributed by atoms with van der Waals surface area (Å²) in [6, 6.07) is 30.5. The zero-order chi connectivity index (χ0) is 71.6. The molecule has 6 heterocycles. The number of likely N-dealkylation sites (N-methyl/N-ethyl adjacent to an activating group) is 1. The van der Waals surface area contributed by atoms with Gasteiger partial charge in [0.25, 0.3) is 11.8 Å². The number of likely N-dealkylation sites (tertiary alicyclic amines) is 2. The van der Waals surface area contributed by atoms with E-state index in [9.17, 15) is 28.8 Å². The number of ether oxygens (including phenoxy) is 6. The molecule has 1 N–H and O–H groups in total. The van der Waals surface area contributed by atoms with Crippen molar-refractivity contribution in [2.75, 3.05) is 122 Å². The highest BCUT2D eigenvalue weighted by Gasteiger charge is 2.44. The van der Waals surface area contributed by atoms with Crippen LogP contribution in [0.3, 0.4) is 0 Å². The number of carbonyl (C=O) groups is 7. The number of nitrogens with zero attached hydrogens (tertiary/aromatic N) is 7. The minimum absolute atomic E-state index is 0.0725. The van der Waals surface area contributed by atoms with Crippen molar-refractivity contribution in [1.29, 1.82) is 0 Å². The summed E-state index contributed by atoms with van der Waals surface area (Å²) in [6.45, 7) is 34.7. The first kappa shape index (κ1) is 73.7. The van der Waals surface area contributed by atoms with Gasteiger partial charge in [-0.2, -0.15) is 0 Å². The number of anilines is 2. The molecule has 2 unspecified atom stereocenters. The number of halogens is 2. The van der Waals surface area contributed by atoms with Crippen molar-refractivity contribution in [1.82, 2.24) is 29.8 Å². The highest BCUT2D eigenvalue weighted by Crippen LogP contribution is 2.48. The van der Waals surface area contributed by atoms with Crippen molar-refractivity contribution < 1.29 is 62.0 Å². The Kier molecular flexibility index (Phi) is 22.3. The maximum atomic E-state index is 14.1. The number of fused-ring (bicyclic) bond motifs is 4. The first-order valence-corrected chi connectivity index (χ1v) is 34.7. The molecule has 0 saturated carbocycles. The second-order valence-corrected chi connectivity index (χ2v) is 31.3. The molecule has 6 aromatic rings. The number of carbonyl (C=O) groups excluding carboxylic acids is 7. The molecule has 6 aliphatic rings. The number of benzene rings is 6. The van der Waals surface area contributed by atoms with Gasteiger partial charge in [0.1, 0.15) is 41.0 Å². The molecule has 0 spiro atoms. The van der Waals surface area contributed by atoms with Crippen LogP contribution in [0.1, 0.15) is 83.1 Å². The molecule has 2 atom stereocenters. The van der Waals surface area contributed by atoms with Crippen LogP contribution in [-0.2, 0) is 33.4 Å². The zero-order valence-corrected chi connectivity index (χ0v) is 60.8. The monoisotopic (exact) mass is 1400 g/mol. The topological polar surface area (TPSA) is 210 Å². The number of rotatable bonds is 12. The molecule has 0 aliphatic carbocycles. The Morgan fingerprint density at radius 3 is 1.25 bits per heavy atom. The van der Waals surface area contributed by atoms with Gasteiger partial charge in [-0.1, -0.05) is 71.7 Å². The molecule has 23 heteroatoms. The Bertz CT molecular complexity index is 4000. The Morgan fingerprint density at radius 2 is 0.879 bits per heavy atom. The van der Waals surface area contributed by atoms with Gasteiger partial charge in [-0.3, -0.25) is 29.0 Å². The summed E-state index contributed by atoms with van der Waals surface area (Å²) in [5.74, 6) is 1.19. The van der Waals surface area contributed by atoms with Gasteiger partial charge < -0.3 is 63.0 Å². The van der Waals surface area contributed by atoms with E-state index in [1.807, 2.05) is 175 Å². The summed E-state index contributed by atoms with van der Waals surface area (Å²) in [7, 11) is 2.10. The van der Waals surface area contributed by atoms with Crippen LogP contribution in [0.25, 0.3) is 43.8 Å². The van der Waals surface area contributed by atoms with E-state index in [0.717, 1.165) is 85.0 Å². The number of hydrogen-bond donors (Lipinski definition) is 1. The number of nitrogens with one attached hydrogen (secondary N) is 1. The summed E-state index contributed by atoms with van der Waals surface area (Å²) in [6.07, 6.45) is -2.11. The fraction of sp³-hybridized carbons (Fsp3) is 0.487. The van der Waals surface area contributed by atoms with Gasteiger partial charge in [-0.05, 0) is 171 Å². The molecule has 4 fully saturated rings. The van der Waals surface area contributed by atoms with Gasteiger partial charge in [0.05, 0.1) is 32.3 Å². The molecule has 12 rings (SSSR count). The predicted octanol–water partition coefficient (Wildman–Crippen LogP) is 12.1. The second kappa shape index (κ2) is 30.0. The smallest absolute Gasteiger partial charge is 0.410 e.